The van der Waals surface area contributed by atoms with Crippen LogP contribution in [0.4, 0.5) is 0 Å². The standard InChI is InChI=1S/C11H9Cl2N3O2.C2H6/c12-8-2-1-7(10(13)3-8)5-16-6-9(14-15-16)4-11(17)18;1-2/h1-3,6H,4-5H2,(H,17,18);1-2H3. The summed E-state index contributed by atoms with van der Waals surface area (Å²) in [7, 11) is 0. The van der Waals surface area contributed by atoms with Crippen molar-refractivity contribution in [2.75, 3.05) is 0 Å². The van der Waals surface area contributed by atoms with Gasteiger partial charge >= 0.3 is 5.97 Å². The molecule has 1 aromatic carbocycles. The second-order valence-electron chi connectivity index (χ2n) is 3.71. The molecule has 2 aromatic rings. The van der Waals surface area contributed by atoms with E-state index in [4.69, 9.17) is 28.3 Å². The maximum absolute atomic E-state index is 10.5. The number of carboxylic acid groups (broad SMARTS) is 1. The minimum absolute atomic E-state index is 0.144. The molecule has 7 heteroatoms. The molecule has 0 atom stereocenters. The molecule has 1 aromatic heterocycles. The second kappa shape index (κ2) is 7.87. The van der Waals surface area contributed by atoms with Gasteiger partial charge in [-0.15, -0.1) is 5.10 Å². The number of nitrogens with zero attached hydrogens (tertiary/aromatic N) is 3. The third kappa shape index (κ3) is 4.83. The van der Waals surface area contributed by atoms with Crippen molar-refractivity contribution in [2.45, 2.75) is 26.8 Å². The molecule has 0 fully saturated rings. The topological polar surface area (TPSA) is 68.0 Å². The Kier molecular flexibility index (Phi) is 6.48. The Morgan fingerprint density at radius 1 is 1.35 bits per heavy atom. The minimum atomic E-state index is -0.938. The lowest BCUT2D eigenvalue weighted by Crippen LogP contribution is -2.01. The van der Waals surface area contributed by atoms with Crippen LogP contribution >= 0.6 is 23.2 Å². The highest BCUT2D eigenvalue weighted by molar-refractivity contribution is 6.35. The number of aromatic nitrogens is 3. The van der Waals surface area contributed by atoms with E-state index in [1.807, 2.05) is 13.8 Å². The van der Waals surface area contributed by atoms with Gasteiger partial charge in [-0.1, -0.05) is 48.3 Å². The van der Waals surface area contributed by atoms with Gasteiger partial charge in [0.25, 0.3) is 0 Å². The third-order valence-corrected chi connectivity index (χ3v) is 2.85. The van der Waals surface area contributed by atoms with Crippen LogP contribution in [0.2, 0.25) is 10.0 Å². The Hall–Kier alpha value is -1.59. The van der Waals surface area contributed by atoms with Crippen LogP contribution in [0.3, 0.4) is 0 Å². The second-order valence-corrected chi connectivity index (χ2v) is 4.56. The van der Waals surface area contributed by atoms with Crippen LogP contribution in [-0.4, -0.2) is 26.1 Å². The molecule has 0 radical (unpaired) electrons. The van der Waals surface area contributed by atoms with Crippen LogP contribution in [0.25, 0.3) is 0 Å². The van der Waals surface area contributed by atoms with Crippen LogP contribution in [0.15, 0.2) is 24.4 Å². The van der Waals surface area contributed by atoms with E-state index < -0.39 is 5.97 Å². The van der Waals surface area contributed by atoms with Crippen LogP contribution in [0.1, 0.15) is 25.1 Å². The fraction of sp³-hybridized carbons (Fsp3) is 0.308. The normalized spacial score (nSPS) is 9.80. The van der Waals surface area contributed by atoms with Crippen molar-refractivity contribution in [3.05, 3.63) is 45.7 Å². The van der Waals surface area contributed by atoms with E-state index in [-0.39, 0.29) is 6.42 Å². The lowest BCUT2D eigenvalue weighted by Gasteiger charge is -2.03. The maximum Gasteiger partial charge on any atom is 0.309 e. The highest BCUT2D eigenvalue weighted by Gasteiger charge is 2.07. The zero-order valence-corrected chi connectivity index (χ0v) is 12.7. The molecule has 1 heterocycles. The monoisotopic (exact) mass is 315 g/mol. The Bertz CT molecular complexity index is 585. The first kappa shape index (κ1) is 16.5. The van der Waals surface area contributed by atoms with Gasteiger partial charge in [-0.05, 0) is 17.7 Å². The molecule has 0 saturated carbocycles. The van der Waals surface area contributed by atoms with Crippen molar-refractivity contribution in [1.82, 2.24) is 15.0 Å². The SMILES string of the molecule is CC.O=C(O)Cc1cn(Cc2ccc(Cl)cc2Cl)nn1. The summed E-state index contributed by atoms with van der Waals surface area (Å²) in [5.74, 6) is -0.938. The summed E-state index contributed by atoms with van der Waals surface area (Å²) in [6, 6.07) is 5.18. The molecule has 0 aliphatic rings. The summed E-state index contributed by atoms with van der Waals surface area (Å²) >= 11 is 11.8. The van der Waals surface area contributed by atoms with Gasteiger partial charge in [0.1, 0.15) is 0 Å². The molecular formula is C13H15Cl2N3O2. The Labute approximate surface area is 127 Å². The van der Waals surface area contributed by atoms with E-state index in [9.17, 15) is 4.79 Å². The van der Waals surface area contributed by atoms with E-state index in [1.165, 1.54) is 4.68 Å². The zero-order valence-electron chi connectivity index (χ0n) is 11.2. The molecule has 0 saturated heterocycles. The number of carboxylic acids is 1. The number of aliphatic carboxylic acids is 1. The van der Waals surface area contributed by atoms with Gasteiger partial charge < -0.3 is 5.11 Å². The molecular weight excluding hydrogens is 301 g/mol. The summed E-state index contributed by atoms with van der Waals surface area (Å²) in [5.41, 5.74) is 1.25. The Morgan fingerprint density at radius 2 is 2.05 bits per heavy atom. The van der Waals surface area contributed by atoms with Gasteiger partial charge in [0.2, 0.25) is 0 Å². The lowest BCUT2D eigenvalue weighted by molar-refractivity contribution is -0.136. The van der Waals surface area contributed by atoms with Crippen LogP contribution in [0, 0.1) is 0 Å². The Morgan fingerprint density at radius 3 is 2.65 bits per heavy atom. The fourth-order valence-electron chi connectivity index (χ4n) is 1.48. The summed E-state index contributed by atoms with van der Waals surface area (Å²) in [6.07, 6.45) is 1.44. The number of hydrogen-bond donors (Lipinski definition) is 1. The molecule has 2 rings (SSSR count). The lowest BCUT2D eigenvalue weighted by atomic mass is 10.2. The van der Waals surface area contributed by atoms with Crippen molar-refractivity contribution in [3.8, 4) is 0 Å². The van der Waals surface area contributed by atoms with E-state index in [0.717, 1.165) is 5.56 Å². The summed E-state index contributed by atoms with van der Waals surface area (Å²) in [4.78, 5) is 10.5. The third-order valence-electron chi connectivity index (χ3n) is 2.27. The number of benzene rings is 1. The van der Waals surface area contributed by atoms with Gasteiger partial charge in [0.05, 0.1) is 18.7 Å². The predicted molar refractivity (Wildman–Crippen MR) is 78.3 cm³/mol. The number of halogens is 2. The molecule has 0 amide bonds. The van der Waals surface area contributed by atoms with Gasteiger partial charge in [-0.25, -0.2) is 4.68 Å². The number of rotatable bonds is 4. The Balaban J connectivity index is 0.000000956. The summed E-state index contributed by atoms with van der Waals surface area (Å²) < 4.78 is 1.54. The highest BCUT2D eigenvalue weighted by atomic mass is 35.5. The highest BCUT2D eigenvalue weighted by Crippen LogP contribution is 2.21. The van der Waals surface area contributed by atoms with Crippen molar-refractivity contribution in [3.63, 3.8) is 0 Å². The van der Waals surface area contributed by atoms with E-state index >= 15 is 0 Å². The number of carbonyl (C=O) groups is 1. The van der Waals surface area contributed by atoms with Gasteiger partial charge in [0.15, 0.2) is 0 Å². The average Bonchev–Trinajstić information content (AvgIpc) is 2.82. The quantitative estimate of drug-likeness (QED) is 0.940. The fourth-order valence-corrected chi connectivity index (χ4v) is 1.94. The first-order valence-corrected chi connectivity index (χ1v) is 6.85. The van der Waals surface area contributed by atoms with E-state index in [0.29, 0.717) is 22.3 Å². The van der Waals surface area contributed by atoms with E-state index in [1.54, 1.807) is 24.4 Å². The molecule has 0 spiro atoms. The van der Waals surface area contributed by atoms with Crippen LogP contribution < -0.4 is 0 Å². The summed E-state index contributed by atoms with van der Waals surface area (Å²) in [6.45, 7) is 4.42. The van der Waals surface area contributed by atoms with E-state index in [2.05, 4.69) is 10.3 Å². The van der Waals surface area contributed by atoms with Crippen molar-refractivity contribution >= 4 is 29.2 Å². The number of hydrogen-bond acceptors (Lipinski definition) is 3. The van der Waals surface area contributed by atoms with Gasteiger partial charge in [-0.3, -0.25) is 4.79 Å². The minimum Gasteiger partial charge on any atom is -0.481 e. The molecule has 0 bridgehead atoms. The smallest absolute Gasteiger partial charge is 0.309 e. The molecule has 0 aliphatic carbocycles. The molecule has 0 aliphatic heterocycles. The van der Waals surface area contributed by atoms with Crippen molar-refractivity contribution in [2.24, 2.45) is 0 Å². The van der Waals surface area contributed by atoms with Gasteiger partial charge in [-0.2, -0.15) is 0 Å². The first-order chi connectivity index (χ1) is 9.54. The van der Waals surface area contributed by atoms with Crippen LogP contribution in [0.5, 0.6) is 0 Å². The zero-order chi connectivity index (χ0) is 15.1. The molecule has 1 N–H and O–H groups in total. The first-order valence-electron chi connectivity index (χ1n) is 6.09. The summed E-state index contributed by atoms with van der Waals surface area (Å²) in [5, 5.41) is 17.3. The largest absolute Gasteiger partial charge is 0.481 e. The predicted octanol–water partition coefficient (Wildman–Crippen LogP) is 3.29. The van der Waals surface area contributed by atoms with Crippen molar-refractivity contribution in [1.29, 1.82) is 0 Å². The maximum atomic E-state index is 10.5. The molecule has 0 unspecified atom stereocenters. The molecule has 108 valence electrons. The van der Waals surface area contributed by atoms with Crippen molar-refractivity contribution < 1.29 is 9.90 Å². The average molecular weight is 316 g/mol. The molecule has 20 heavy (non-hydrogen) atoms. The molecule has 5 nitrogen and oxygen atoms in total. The van der Waals surface area contributed by atoms with Gasteiger partial charge in [0, 0.05) is 16.2 Å². The van der Waals surface area contributed by atoms with Crippen LogP contribution in [-0.2, 0) is 17.8 Å².